The van der Waals surface area contributed by atoms with Gasteiger partial charge in [-0.25, -0.2) is 0 Å². The smallest absolute Gasteiger partial charge is 0.384 e. The van der Waals surface area contributed by atoms with Crippen molar-refractivity contribution in [3.63, 3.8) is 0 Å². The Morgan fingerprint density at radius 1 is 1.21 bits per heavy atom. The topological polar surface area (TPSA) is 65.5 Å². The van der Waals surface area contributed by atoms with Crippen molar-refractivity contribution in [3.05, 3.63) is 57.9 Å². The molecule has 9 heteroatoms. The Hall–Kier alpha value is -2.16. The van der Waals surface area contributed by atoms with Crippen LogP contribution in [0.25, 0.3) is 0 Å². The van der Waals surface area contributed by atoms with Crippen LogP contribution in [0.3, 0.4) is 0 Å². The van der Waals surface area contributed by atoms with Gasteiger partial charge in [0.15, 0.2) is 0 Å². The lowest BCUT2D eigenvalue weighted by molar-refractivity contribution is -0.140. The first-order chi connectivity index (χ1) is 15.8. The van der Waals surface area contributed by atoms with E-state index in [2.05, 4.69) is 22.1 Å². The van der Waals surface area contributed by atoms with Crippen LogP contribution in [0.2, 0.25) is 5.02 Å². The van der Waals surface area contributed by atoms with Crippen molar-refractivity contribution in [1.29, 1.82) is 0 Å². The second-order valence-electron chi connectivity index (χ2n) is 9.53. The lowest BCUT2D eigenvalue weighted by Gasteiger charge is -2.37. The number of piperidine rings is 1. The number of carbonyl (C=O) groups is 1. The first kappa shape index (κ1) is 26.4. The maximum atomic E-state index is 12.6. The van der Waals surface area contributed by atoms with E-state index in [1.165, 1.54) is 33.4 Å². The summed E-state index contributed by atoms with van der Waals surface area (Å²) in [7, 11) is 0. The van der Waals surface area contributed by atoms with Gasteiger partial charge < -0.3 is 15.3 Å². The zero-order chi connectivity index (χ0) is 25.3. The number of benzene rings is 1. The van der Waals surface area contributed by atoms with E-state index in [9.17, 15) is 23.1 Å². The summed E-state index contributed by atoms with van der Waals surface area (Å²) >= 11 is 6.10. The molecular weight excluding hydrogens is 467 g/mol. The number of aliphatic hydroxyl groups is 1. The van der Waals surface area contributed by atoms with Crippen LogP contribution in [0, 0.1) is 6.92 Å². The number of rotatable bonds is 3. The Kier molecular flexibility index (Phi) is 7.65. The molecule has 0 aliphatic carbocycles. The Morgan fingerprint density at radius 3 is 2.41 bits per heavy atom. The summed E-state index contributed by atoms with van der Waals surface area (Å²) in [5.74, 6) is 0.154. The van der Waals surface area contributed by atoms with Crippen LogP contribution in [0.5, 0.6) is 0 Å². The average molecular weight is 498 g/mol. The normalized spacial score (nSPS) is 17.7. The highest BCUT2D eigenvalue weighted by atomic mass is 35.5. The average Bonchev–Trinajstić information content (AvgIpc) is 3.00. The van der Waals surface area contributed by atoms with E-state index in [0.717, 1.165) is 49.8 Å². The fourth-order valence-corrected chi connectivity index (χ4v) is 4.80. The zero-order valence-electron chi connectivity index (χ0n) is 19.9. The van der Waals surface area contributed by atoms with E-state index in [1.807, 2.05) is 18.2 Å². The van der Waals surface area contributed by atoms with E-state index in [0.29, 0.717) is 10.6 Å². The number of aromatic nitrogens is 1. The van der Waals surface area contributed by atoms with Crippen LogP contribution >= 0.6 is 11.6 Å². The van der Waals surface area contributed by atoms with Crippen LogP contribution in [-0.4, -0.2) is 40.5 Å². The predicted molar refractivity (Wildman–Crippen MR) is 127 cm³/mol. The number of likely N-dealkylation sites (tertiary alicyclic amines) is 1. The number of nitrogens with zero attached hydrogens (tertiary/aromatic N) is 2. The maximum absolute atomic E-state index is 12.6. The van der Waals surface area contributed by atoms with Crippen LogP contribution in [0.4, 0.5) is 18.9 Å². The minimum atomic E-state index is -4.49. The molecule has 0 radical (unpaired) electrons. The van der Waals surface area contributed by atoms with E-state index >= 15 is 0 Å². The van der Waals surface area contributed by atoms with E-state index in [4.69, 9.17) is 11.6 Å². The third-order valence-corrected chi connectivity index (χ3v) is 6.57. The molecule has 0 bridgehead atoms. The molecule has 1 spiro atoms. The second-order valence-corrected chi connectivity index (χ2v) is 9.97. The molecule has 4 rings (SSSR count). The fourth-order valence-electron chi connectivity index (χ4n) is 4.63. The molecule has 1 amide bonds. The number of hydrogen-bond donors (Lipinski definition) is 2. The van der Waals surface area contributed by atoms with E-state index < -0.39 is 17.3 Å². The van der Waals surface area contributed by atoms with Gasteiger partial charge in [0.05, 0.1) is 16.7 Å². The van der Waals surface area contributed by atoms with Gasteiger partial charge in [-0.3, -0.25) is 9.78 Å². The number of halogens is 4. The largest absolute Gasteiger partial charge is 0.418 e. The van der Waals surface area contributed by atoms with Gasteiger partial charge in [0.2, 0.25) is 5.91 Å². The summed E-state index contributed by atoms with van der Waals surface area (Å²) in [6, 6.07) is 6.71. The van der Waals surface area contributed by atoms with Crippen LogP contribution in [0.1, 0.15) is 62.4 Å². The molecule has 1 aromatic carbocycles. The summed E-state index contributed by atoms with van der Waals surface area (Å²) in [5, 5.41) is 13.3. The molecule has 2 aromatic rings. The minimum absolute atomic E-state index is 0.154. The van der Waals surface area contributed by atoms with Gasteiger partial charge in [-0.15, -0.1) is 0 Å². The molecule has 0 atom stereocenters. The van der Waals surface area contributed by atoms with Crippen molar-refractivity contribution >= 4 is 23.2 Å². The van der Waals surface area contributed by atoms with E-state index in [1.54, 1.807) is 0 Å². The van der Waals surface area contributed by atoms with Crippen molar-refractivity contribution < 1.29 is 23.1 Å². The summed E-state index contributed by atoms with van der Waals surface area (Å²) in [4.78, 5) is 18.5. The third kappa shape index (κ3) is 5.56. The molecule has 2 N–H and O–H groups in total. The second kappa shape index (κ2) is 9.84. The minimum Gasteiger partial charge on any atom is -0.384 e. The summed E-state index contributed by atoms with van der Waals surface area (Å²) in [5.41, 5.74) is -0.714. The number of aryl methyl sites for hydroxylation is 1. The highest BCUT2D eigenvalue weighted by Gasteiger charge is 2.48. The zero-order valence-corrected chi connectivity index (χ0v) is 20.6. The number of fused-ring (bicyclic) bond motifs is 2. The molecule has 5 nitrogen and oxygen atoms in total. The van der Waals surface area contributed by atoms with Crippen LogP contribution in [-0.2, 0) is 22.0 Å². The van der Waals surface area contributed by atoms with Crippen molar-refractivity contribution in [2.75, 3.05) is 25.0 Å². The number of nitrogens with one attached hydrogen (secondary N) is 1. The van der Waals surface area contributed by atoms with Gasteiger partial charge >= 0.3 is 6.18 Å². The highest BCUT2D eigenvalue weighted by Crippen LogP contribution is 2.45. The molecule has 2 aliphatic heterocycles. The predicted octanol–water partition coefficient (Wildman–Crippen LogP) is 5.67. The van der Waals surface area contributed by atoms with Gasteiger partial charge in [-0.2, -0.15) is 13.2 Å². The molecule has 34 heavy (non-hydrogen) atoms. The Balaban J connectivity index is 0.000000197. The van der Waals surface area contributed by atoms with Crippen LogP contribution < -0.4 is 5.32 Å². The number of alkyl halides is 3. The Morgan fingerprint density at radius 2 is 1.85 bits per heavy atom. The lowest BCUT2D eigenvalue weighted by Crippen LogP contribution is -2.46. The number of amides is 1. The summed E-state index contributed by atoms with van der Waals surface area (Å²) < 4.78 is 37.8. The van der Waals surface area contributed by atoms with Crippen molar-refractivity contribution in [1.82, 2.24) is 9.88 Å². The quantitative estimate of drug-likeness (QED) is 0.573. The summed E-state index contributed by atoms with van der Waals surface area (Å²) in [6.07, 6.45) is -0.225. The molecule has 1 saturated heterocycles. The van der Waals surface area contributed by atoms with Gasteiger partial charge in [0.1, 0.15) is 5.60 Å². The van der Waals surface area contributed by atoms with Gasteiger partial charge in [-0.05, 0) is 95.1 Å². The highest BCUT2D eigenvalue weighted by molar-refractivity contribution is 6.31. The lowest BCUT2D eigenvalue weighted by atomic mass is 9.73. The van der Waals surface area contributed by atoms with Crippen molar-refractivity contribution in [2.24, 2.45) is 0 Å². The monoisotopic (exact) mass is 497 g/mol. The molecule has 2 aliphatic rings. The molecule has 1 aromatic heterocycles. The number of carbonyl (C=O) groups excluding carboxylic acids is 1. The third-order valence-electron chi connectivity index (χ3n) is 6.34. The van der Waals surface area contributed by atoms with Crippen LogP contribution in [0.15, 0.2) is 30.5 Å². The summed E-state index contributed by atoms with van der Waals surface area (Å²) in [6.45, 7) is 9.39. The Bertz CT molecular complexity index is 1040. The maximum Gasteiger partial charge on any atom is 0.418 e. The first-order valence-corrected chi connectivity index (χ1v) is 11.8. The number of pyridine rings is 1. The molecule has 186 valence electrons. The SMILES string of the molecule is CCCN1CCC2(CC1)C(=O)Nc1ccc(Cl)cc12.Cc1cnc(C(C)(C)O)c(C(F)(F)F)c1. The first-order valence-electron chi connectivity index (χ1n) is 11.4. The Labute approximate surface area is 203 Å². The number of hydrogen-bond acceptors (Lipinski definition) is 4. The standard InChI is InChI=1S/C15H19ClN2O.C10H12F3NO/c1-2-7-18-8-5-15(6-9-18)12-10-11(16)3-4-13(12)17-14(15)19;1-6-4-7(10(11,12)13)8(14-5-6)9(2,3)15/h3-4,10H,2,5-9H2,1H3,(H,17,19);4-5,15H,1-3H3. The molecule has 0 unspecified atom stereocenters. The fraction of sp³-hybridized carbons (Fsp3) is 0.520. The van der Waals surface area contributed by atoms with Crippen molar-refractivity contribution in [3.8, 4) is 0 Å². The van der Waals surface area contributed by atoms with Crippen molar-refractivity contribution in [2.45, 2.75) is 64.1 Å². The number of anilines is 1. The van der Waals surface area contributed by atoms with Gasteiger partial charge in [-0.1, -0.05) is 18.5 Å². The van der Waals surface area contributed by atoms with Gasteiger partial charge in [0, 0.05) is 16.9 Å². The molecule has 0 saturated carbocycles. The van der Waals surface area contributed by atoms with E-state index in [-0.39, 0.29) is 17.0 Å². The molecule has 1 fully saturated rings. The molecule has 3 heterocycles. The molecular formula is C25H31ClF3N3O2. The van der Waals surface area contributed by atoms with Gasteiger partial charge in [0.25, 0.3) is 0 Å².